The van der Waals surface area contributed by atoms with Crippen LogP contribution in [0.15, 0.2) is 18.2 Å². The molecule has 0 radical (unpaired) electrons. The second-order valence-corrected chi connectivity index (χ2v) is 12.5. The smallest absolute Gasteiger partial charge is 0.452 e. The monoisotopic (exact) mass is 523 g/mol. The molecular formula is C25H32BF2NO6S. The Hall–Kier alpha value is -1.85. The summed E-state index contributed by atoms with van der Waals surface area (Å²) in [6.45, 7) is 9.90. The summed E-state index contributed by atoms with van der Waals surface area (Å²) in [5.74, 6) is -4.62. The summed E-state index contributed by atoms with van der Waals surface area (Å²) >= 11 is 0.266. The van der Waals surface area contributed by atoms with Crippen molar-refractivity contribution in [3.63, 3.8) is 0 Å². The number of ether oxygens (including phenoxy) is 2. The molecule has 1 amide bonds. The number of nitrogens with one attached hydrogen (secondary N) is 1. The zero-order valence-electron chi connectivity index (χ0n) is 21.1. The maximum atomic E-state index is 12.7. The van der Waals surface area contributed by atoms with E-state index < -0.39 is 42.1 Å². The molecule has 1 unspecified atom stereocenters. The SMILES string of the molecule is CC1(C)OC(=O)c2cccc(C[C@H](NC(=O)CSC(F)F)B3OC4C[C@@H]5C[C@@H](C5(C)C)[C@]4(C)O3)c2O1. The van der Waals surface area contributed by atoms with Crippen LogP contribution in [-0.4, -0.2) is 53.9 Å². The zero-order valence-corrected chi connectivity index (χ0v) is 22.0. The Labute approximate surface area is 214 Å². The number of benzene rings is 1. The van der Waals surface area contributed by atoms with Gasteiger partial charge in [-0.1, -0.05) is 37.7 Å². The fraction of sp³-hybridized carbons (Fsp3) is 0.680. The van der Waals surface area contributed by atoms with Crippen molar-refractivity contribution in [1.82, 2.24) is 5.32 Å². The number of thioether (sulfide) groups is 1. The lowest BCUT2D eigenvalue weighted by Gasteiger charge is -2.64. The summed E-state index contributed by atoms with van der Waals surface area (Å²) in [5.41, 5.74) is 0.610. The molecule has 0 spiro atoms. The number of hydrogen-bond acceptors (Lipinski definition) is 7. The summed E-state index contributed by atoms with van der Waals surface area (Å²) < 4.78 is 49.8. The van der Waals surface area contributed by atoms with Crippen molar-refractivity contribution >= 4 is 30.8 Å². The predicted octanol–water partition coefficient (Wildman–Crippen LogP) is 4.22. The number of fused-ring (bicyclic) bond motifs is 1. The molecule has 11 heteroatoms. The molecule has 1 N–H and O–H groups in total. The number of amides is 1. The molecule has 36 heavy (non-hydrogen) atoms. The summed E-state index contributed by atoms with van der Waals surface area (Å²) in [6.07, 6.45) is 2.07. The van der Waals surface area contributed by atoms with E-state index in [4.69, 9.17) is 18.8 Å². The Morgan fingerprint density at radius 3 is 2.64 bits per heavy atom. The Morgan fingerprint density at radius 2 is 1.94 bits per heavy atom. The minimum atomic E-state index is -2.65. The number of alkyl halides is 2. The van der Waals surface area contributed by atoms with Gasteiger partial charge in [0.15, 0.2) is 0 Å². The average Bonchev–Trinajstić information content (AvgIpc) is 3.14. The quantitative estimate of drug-likeness (QED) is 0.423. The molecule has 3 saturated carbocycles. The van der Waals surface area contributed by atoms with Crippen molar-refractivity contribution in [2.75, 3.05) is 5.75 Å². The molecule has 2 bridgehead atoms. The van der Waals surface area contributed by atoms with E-state index in [-0.39, 0.29) is 35.5 Å². The minimum absolute atomic E-state index is 0.107. The highest BCUT2D eigenvalue weighted by molar-refractivity contribution is 8.00. The van der Waals surface area contributed by atoms with Crippen molar-refractivity contribution in [2.45, 2.75) is 83.1 Å². The van der Waals surface area contributed by atoms with Crippen LogP contribution in [0.3, 0.4) is 0 Å². The summed E-state index contributed by atoms with van der Waals surface area (Å²) in [7, 11) is -0.768. The molecule has 6 rings (SSSR count). The highest BCUT2D eigenvalue weighted by Crippen LogP contribution is 2.65. The maximum Gasteiger partial charge on any atom is 0.482 e. The largest absolute Gasteiger partial charge is 0.482 e. The Kier molecular flexibility index (Phi) is 6.36. The van der Waals surface area contributed by atoms with Crippen LogP contribution in [0.25, 0.3) is 0 Å². The molecule has 1 saturated heterocycles. The van der Waals surface area contributed by atoms with Crippen molar-refractivity contribution in [3.05, 3.63) is 29.3 Å². The zero-order chi connectivity index (χ0) is 26.0. The number of cyclic esters (lactones) is 1. The van der Waals surface area contributed by atoms with Gasteiger partial charge in [0, 0.05) is 13.8 Å². The van der Waals surface area contributed by atoms with Crippen LogP contribution in [0.5, 0.6) is 5.75 Å². The van der Waals surface area contributed by atoms with Crippen LogP contribution in [0.4, 0.5) is 8.78 Å². The molecule has 3 aliphatic carbocycles. The standard InChI is InChI=1S/C25H32BF2NO6S/c1-23(2)14-10-16(23)25(5)17(11-14)34-26(35-25)18(29-19(30)12-36-22(27)28)9-13-7-6-8-15-20(13)32-24(3,4)33-21(15)31/h6-8,14,16-18,22H,9-12H2,1-5H3,(H,29,30)/t14-,16-,17?,18-,25-/m0/s1. The normalized spacial score (nSPS) is 32.1. The van der Waals surface area contributed by atoms with E-state index in [2.05, 4.69) is 26.1 Å². The average molecular weight is 523 g/mol. The van der Waals surface area contributed by atoms with Gasteiger partial charge in [0.25, 0.3) is 5.76 Å². The molecule has 1 aromatic rings. The van der Waals surface area contributed by atoms with Gasteiger partial charge < -0.3 is 24.1 Å². The number of carbonyl (C=O) groups is 2. The Bertz CT molecular complexity index is 1070. The van der Waals surface area contributed by atoms with Crippen molar-refractivity contribution < 1.29 is 37.2 Å². The minimum Gasteiger partial charge on any atom is -0.452 e. The fourth-order valence-corrected chi connectivity index (χ4v) is 6.84. The van der Waals surface area contributed by atoms with E-state index in [1.807, 2.05) is 6.07 Å². The van der Waals surface area contributed by atoms with E-state index in [0.29, 0.717) is 28.7 Å². The van der Waals surface area contributed by atoms with Crippen LogP contribution >= 0.6 is 11.8 Å². The van der Waals surface area contributed by atoms with Gasteiger partial charge in [-0.15, -0.1) is 0 Å². The first-order valence-corrected chi connectivity index (χ1v) is 13.4. The van der Waals surface area contributed by atoms with E-state index in [1.54, 1.807) is 26.0 Å². The molecule has 4 fully saturated rings. The molecule has 196 valence electrons. The van der Waals surface area contributed by atoms with E-state index in [1.165, 1.54) is 0 Å². The van der Waals surface area contributed by atoms with Gasteiger partial charge in [-0.2, -0.15) is 8.78 Å². The van der Waals surface area contributed by atoms with Gasteiger partial charge in [0.05, 0.1) is 23.4 Å². The van der Waals surface area contributed by atoms with E-state index in [0.717, 1.165) is 12.8 Å². The molecule has 1 aromatic carbocycles. The second kappa shape index (κ2) is 8.87. The Balaban J connectivity index is 1.42. The molecule has 0 aromatic heterocycles. The maximum absolute atomic E-state index is 12.7. The van der Waals surface area contributed by atoms with Crippen LogP contribution in [0.1, 0.15) is 63.4 Å². The van der Waals surface area contributed by atoms with Crippen molar-refractivity contribution in [1.29, 1.82) is 0 Å². The van der Waals surface area contributed by atoms with Crippen molar-refractivity contribution in [2.24, 2.45) is 17.3 Å². The second-order valence-electron chi connectivity index (χ2n) is 11.5. The number of hydrogen-bond donors (Lipinski definition) is 1. The highest BCUT2D eigenvalue weighted by atomic mass is 32.2. The van der Waals surface area contributed by atoms with Crippen LogP contribution in [-0.2, 0) is 25.3 Å². The first-order valence-electron chi connectivity index (χ1n) is 12.4. The third-order valence-electron chi connectivity index (χ3n) is 8.43. The summed E-state index contributed by atoms with van der Waals surface area (Å²) in [6, 6.07) is 5.15. The molecule has 2 aliphatic heterocycles. The summed E-state index contributed by atoms with van der Waals surface area (Å²) in [5, 5.41) is 2.86. The van der Waals surface area contributed by atoms with Gasteiger partial charge >= 0.3 is 13.1 Å². The number of carbonyl (C=O) groups excluding carboxylic acids is 2. The molecular weight excluding hydrogens is 491 g/mol. The van der Waals surface area contributed by atoms with E-state index in [9.17, 15) is 18.4 Å². The first-order chi connectivity index (χ1) is 16.8. The third kappa shape index (κ3) is 4.41. The highest BCUT2D eigenvalue weighted by Gasteiger charge is 2.68. The van der Waals surface area contributed by atoms with Crippen LogP contribution < -0.4 is 10.1 Å². The van der Waals surface area contributed by atoms with Gasteiger partial charge in [-0.3, -0.25) is 4.79 Å². The van der Waals surface area contributed by atoms with Gasteiger partial charge in [0.1, 0.15) is 11.3 Å². The van der Waals surface area contributed by atoms with Crippen molar-refractivity contribution in [3.8, 4) is 5.75 Å². The van der Waals surface area contributed by atoms with Crippen LogP contribution in [0.2, 0.25) is 0 Å². The molecule has 5 atom stereocenters. The summed E-state index contributed by atoms with van der Waals surface area (Å²) in [4.78, 5) is 25.2. The number of para-hydroxylation sites is 1. The predicted molar refractivity (Wildman–Crippen MR) is 131 cm³/mol. The number of esters is 1. The Morgan fingerprint density at radius 1 is 1.19 bits per heavy atom. The molecule has 7 nitrogen and oxygen atoms in total. The van der Waals surface area contributed by atoms with E-state index >= 15 is 0 Å². The van der Waals surface area contributed by atoms with Crippen LogP contribution in [0, 0.1) is 17.3 Å². The van der Waals surface area contributed by atoms with Gasteiger partial charge in [-0.05, 0) is 55.1 Å². The molecule has 5 aliphatic rings. The topological polar surface area (TPSA) is 83.1 Å². The lowest BCUT2D eigenvalue weighted by atomic mass is 9.43. The third-order valence-corrected chi connectivity index (χ3v) is 9.11. The number of rotatable bonds is 7. The first kappa shape index (κ1) is 25.8. The molecule has 2 heterocycles. The van der Waals surface area contributed by atoms with Gasteiger partial charge in [-0.25, -0.2) is 4.79 Å². The lowest BCUT2D eigenvalue weighted by molar-refractivity contribution is -0.199. The van der Waals surface area contributed by atoms with Gasteiger partial charge in [0.2, 0.25) is 11.7 Å². The fourth-order valence-electron chi connectivity index (χ4n) is 6.48. The lowest BCUT2D eigenvalue weighted by Crippen LogP contribution is -2.65. The number of halogens is 2.